The Balaban J connectivity index is 1.59. The van der Waals surface area contributed by atoms with Crippen molar-refractivity contribution in [3.8, 4) is 0 Å². The molecule has 0 saturated carbocycles. The van der Waals surface area contributed by atoms with Crippen LogP contribution < -0.4 is 10.7 Å². The Kier molecular flexibility index (Phi) is 5.40. The first-order valence-electron chi connectivity index (χ1n) is 9.85. The highest BCUT2D eigenvalue weighted by molar-refractivity contribution is 5.97. The number of rotatable bonds is 5. The van der Waals surface area contributed by atoms with Gasteiger partial charge in [0.15, 0.2) is 0 Å². The number of aryl methyl sites for hydroxylation is 2. The van der Waals surface area contributed by atoms with E-state index in [1.54, 1.807) is 30.7 Å². The zero-order valence-corrected chi connectivity index (χ0v) is 16.6. The van der Waals surface area contributed by atoms with Crippen LogP contribution in [0.2, 0.25) is 0 Å². The van der Waals surface area contributed by atoms with Crippen LogP contribution >= 0.6 is 0 Å². The maximum absolute atomic E-state index is 13.0. The molecule has 0 unspecified atom stereocenters. The number of carbonyl (C=O) groups excluding carboxylic acids is 1. The Morgan fingerprint density at radius 1 is 1.24 bits per heavy atom. The van der Waals surface area contributed by atoms with Crippen LogP contribution in [0.4, 0.5) is 0 Å². The van der Waals surface area contributed by atoms with Crippen LogP contribution in [-0.2, 0) is 17.7 Å². The second-order valence-corrected chi connectivity index (χ2v) is 7.42. The first-order valence-corrected chi connectivity index (χ1v) is 9.85. The van der Waals surface area contributed by atoms with E-state index < -0.39 is 0 Å². The minimum atomic E-state index is -0.366. The summed E-state index contributed by atoms with van der Waals surface area (Å²) in [5, 5.41) is 3.48. The van der Waals surface area contributed by atoms with Crippen molar-refractivity contribution >= 4 is 16.9 Å². The summed E-state index contributed by atoms with van der Waals surface area (Å²) in [7, 11) is 0. The van der Waals surface area contributed by atoms with Crippen molar-refractivity contribution < 1.29 is 9.53 Å². The van der Waals surface area contributed by atoms with Crippen LogP contribution in [0, 0.1) is 12.8 Å². The first-order chi connectivity index (χ1) is 14.1. The van der Waals surface area contributed by atoms with E-state index in [4.69, 9.17) is 4.74 Å². The highest BCUT2D eigenvalue weighted by Gasteiger charge is 2.30. The molecule has 29 heavy (non-hydrogen) atoms. The Bertz CT molecular complexity index is 1090. The number of nitrogens with zero attached hydrogens (tertiary/aromatic N) is 3. The highest BCUT2D eigenvalue weighted by atomic mass is 16.5. The Morgan fingerprint density at radius 2 is 2.03 bits per heavy atom. The average Bonchev–Trinajstić information content (AvgIpc) is 3.15. The SMILES string of the molecule is CCn1cc(C(=O)N[C@@H]2COC[C@H]2Cc2ccncc2)c(=O)c2ccc(C)nc21. The van der Waals surface area contributed by atoms with Crippen LogP contribution in [0.25, 0.3) is 11.0 Å². The van der Waals surface area contributed by atoms with Gasteiger partial charge in [0, 0.05) is 36.7 Å². The number of fused-ring (bicyclic) bond motifs is 1. The Hall–Kier alpha value is -3.06. The van der Waals surface area contributed by atoms with Crippen molar-refractivity contribution in [2.75, 3.05) is 13.2 Å². The fourth-order valence-corrected chi connectivity index (χ4v) is 3.79. The van der Waals surface area contributed by atoms with Gasteiger partial charge in [-0.1, -0.05) is 0 Å². The summed E-state index contributed by atoms with van der Waals surface area (Å²) < 4.78 is 7.46. The van der Waals surface area contributed by atoms with E-state index in [1.165, 1.54) is 0 Å². The second kappa shape index (κ2) is 8.13. The third-order valence-corrected chi connectivity index (χ3v) is 5.41. The predicted molar refractivity (Wildman–Crippen MR) is 110 cm³/mol. The van der Waals surface area contributed by atoms with E-state index in [-0.39, 0.29) is 28.9 Å². The van der Waals surface area contributed by atoms with Gasteiger partial charge >= 0.3 is 0 Å². The molecule has 1 amide bonds. The second-order valence-electron chi connectivity index (χ2n) is 7.42. The summed E-state index contributed by atoms with van der Waals surface area (Å²) in [5.74, 6) is -0.213. The molecule has 7 heteroatoms. The lowest BCUT2D eigenvalue weighted by atomic mass is 9.95. The molecule has 2 atom stereocenters. The van der Waals surface area contributed by atoms with E-state index in [0.717, 1.165) is 17.7 Å². The standard InChI is InChI=1S/C22H24N4O3/c1-3-26-11-18(20(27)17-5-4-14(2)24-21(17)26)22(28)25-19-13-29-12-16(19)10-15-6-8-23-9-7-15/h4-9,11,16,19H,3,10,12-13H2,1-2H3,(H,25,28)/t16-,19-/m1/s1. The molecule has 3 aromatic heterocycles. The molecule has 0 aromatic carbocycles. The van der Waals surface area contributed by atoms with E-state index in [1.807, 2.05) is 30.5 Å². The summed E-state index contributed by atoms with van der Waals surface area (Å²) in [5.41, 5.74) is 2.43. The fraction of sp³-hybridized carbons (Fsp3) is 0.364. The first kappa shape index (κ1) is 19.3. The molecule has 1 aliphatic rings. The van der Waals surface area contributed by atoms with Gasteiger partial charge in [-0.25, -0.2) is 4.98 Å². The van der Waals surface area contributed by atoms with Gasteiger partial charge in [0.25, 0.3) is 5.91 Å². The maximum Gasteiger partial charge on any atom is 0.257 e. The zero-order valence-electron chi connectivity index (χ0n) is 16.6. The number of pyridine rings is 3. The van der Waals surface area contributed by atoms with Crippen LogP contribution in [0.1, 0.15) is 28.5 Å². The normalized spacial score (nSPS) is 18.8. The van der Waals surface area contributed by atoms with Crippen molar-refractivity contribution in [3.63, 3.8) is 0 Å². The predicted octanol–water partition coefficient (Wildman–Crippen LogP) is 2.11. The van der Waals surface area contributed by atoms with E-state index >= 15 is 0 Å². The lowest BCUT2D eigenvalue weighted by Gasteiger charge is -2.19. The van der Waals surface area contributed by atoms with Crippen LogP contribution in [-0.4, -0.2) is 39.7 Å². The molecule has 0 spiro atoms. The Morgan fingerprint density at radius 3 is 2.79 bits per heavy atom. The molecule has 150 valence electrons. The fourth-order valence-electron chi connectivity index (χ4n) is 3.79. The maximum atomic E-state index is 13.0. The lowest BCUT2D eigenvalue weighted by Crippen LogP contribution is -2.42. The molecule has 4 heterocycles. The summed E-state index contributed by atoms with van der Waals surface area (Å²) in [6.45, 7) is 5.48. The topological polar surface area (TPSA) is 86.1 Å². The number of ether oxygens (including phenoxy) is 1. The van der Waals surface area contributed by atoms with Crippen molar-refractivity contribution in [1.29, 1.82) is 0 Å². The molecular formula is C22H24N4O3. The smallest absolute Gasteiger partial charge is 0.257 e. The number of hydrogen-bond donors (Lipinski definition) is 1. The number of hydrogen-bond acceptors (Lipinski definition) is 5. The average molecular weight is 392 g/mol. The number of aromatic nitrogens is 3. The molecule has 1 aliphatic heterocycles. The van der Waals surface area contributed by atoms with Crippen molar-refractivity contribution in [3.05, 3.63) is 69.9 Å². The third-order valence-electron chi connectivity index (χ3n) is 5.41. The molecule has 1 N–H and O–H groups in total. The quantitative estimate of drug-likeness (QED) is 0.719. The Labute approximate surface area is 168 Å². The molecule has 7 nitrogen and oxygen atoms in total. The van der Waals surface area contributed by atoms with Gasteiger partial charge in [0.1, 0.15) is 11.2 Å². The van der Waals surface area contributed by atoms with Gasteiger partial charge in [0.2, 0.25) is 5.43 Å². The van der Waals surface area contributed by atoms with E-state index in [9.17, 15) is 9.59 Å². The number of amides is 1. The van der Waals surface area contributed by atoms with Crippen LogP contribution in [0.5, 0.6) is 0 Å². The third kappa shape index (κ3) is 3.91. The molecular weight excluding hydrogens is 368 g/mol. The van der Waals surface area contributed by atoms with Crippen molar-refractivity contribution in [1.82, 2.24) is 19.9 Å². The molecule has 0 aliphatic carbocycles. The van der Waals surface area contributed by atoms with Gasteiger partial charge in [-0.15, -0.1) is 0 Å². The van der Waals surface area contributed by atoms with Gasteiger partial charge < -0.3 is 14.6 Å². The van der Waals surface area contributed by atoms with E-state index in [2.05, 4.69) is 15.3 Å². The highest BCUT2D eigenvalue weighted by Crippen LogP contribution is 2.19. The minimum absolute atomic E-state index is 0.138. The molecule has 0 radical (unpaired) electrons. The van der Waals surface area contributed by atoms with Crippen LogP contribution in [0.3, 0.4) is 0 Å². The monoisotopic (exact) mass is 392 g/mol. The summed E-state index contributed by atoms with van der Waals surface area (Å²) in [4.78, 5) is 34.4. The van der Waals surface area contributed by atoms with E-state index in [0.29, 0.717) is 30.8 Å². The summed E-state index contributed by atoms with van der Waals surface area (Å²) in [6.07, 6.45) is 5.92. The summed E-state index contributed by atoms with van der Waals surface area (Å²) in [6, 6.07) is 7.33. The molecule has 4 rings (SSSR count). The van der Waals surface area contributed by atoms with Gasteiger partial charge in [-0.2, -0.15) is 0 Å². The van der Waals surface area contributed by atoms with Gasteiger partial charge in [-0.05, 0) is 50.1 Å². The van der Waals surface area contributed by atoms with Crippen molar-refractivity contribution in [2.45, 2.75) is 32.9 Å². The molecule has 0 bridgehead atoms. The lowest BCUT2D eigenvalue weighted by molar-refractivity contribution is 0.0923. The largest absolute Gasteiger partial charge is 0.379 e. The number of nitrogens with one attached hydrogen (secondary N) is 1. The van der Waals surface area contributed by atoms with Gasteiger partial charge in [-0.3, -0.25) is 14.6 Å². The zero-order chi connectivity index (χ0) is 20.4. The number of carbonyl (C=O) groups is 1. The molecule has 1 fully saturated rings. The molecule has 1 saturated heterocycles. The van der Waals surface area contributed by atoms with Gasteiger partial charge in [0.05, 0.1) is 24.6 Å². The molecule has 3 aromatic rings. The van der Waals surface area contributed by atoms with Crippen LogP contribution in [0.15, 0.2) is 47.7 Å². The summed E-state index contributed by atoms with van der Waals surface area (Å²) >= 11 is 0. The minimum Gasteiger partial charge on any atom is -0.379 e. The van der Waals surface area contributed by atoms with Crippen molar-refractivity contribution in [2.24, 2.45) is 5.92 Å².